The van der Waals surface area contributed by atoms with Crippen LogP contribution in [-0.2, 0) is 24.9 Å². The Balaban J connectivity index is 0.00000259. The molecule has 0 spiro atoms. The highest BCUT2D eigenvalue weighted by atomic mass is 127. The summed E-state index contributed by atoms with van der Waals surface area (Å²) in [6.45, 7) is 8.01. The molecular weight excluding hydrogens is 527 g/mol. The molecule has 2 aliphatic rings. The number of aliphatic imine (C=N–C) groups is 1. The van der Waals surface area contributed by atoms with E-state index in [4.69, 9.17) is 14.7 Å². The molecule has 0 amide bonds. The molecule has 0 bridgehead atoms. The molecule has 2 aromatic carbocycles. The van der Waals surface area contributed by atoms with Crippen molar-refractivity contribution >= 4 is 41.0 Å². The summed E-state index contributed by atoms with van der Waals surface area (Å²) in [5.41, 5.74) is 3.51. The molecule has 5 rings (SSSR count). The Kier molecular flexibility index (Phi) is 7.87. The van der Waals surface area contributed by atoms with Crippen LogP contribution in [0.1, 0.15) is 18.3 Å². The minimum atomic E-state index is 0. The number of morpholine rings is 1. The van der Waals surface area contributed by atoms with E-state index in [2.05, 4.69) is 76.1 Å². The lowest BCUT2D eigenvalue weighted by atomic mass is 10.1. The Hall–Kier alpha value is -2.17. The molecule has 0 saturated carbocycles. The lowest BCUT2D eigenvalue weighted by molar-refractivity contribution is -0.0502. The van der Waals surface area contributed by atoms with Gasteiger partial charge in [-0.2, -0.15) is 0 Å². The Labute approximate surface area is 212 Å². The van der Waals surface area contributed by atoms with Gasteiger partial charge in [0.05, 0.1) is 29.8 Å². The lowest BCUT2D eigenvalue weighted by Crippen LogP contribution is -2.50. The predicted molar refractivity (Wildman–Crippen MR) is 143 cm³/mol. The molecule has 176 valence electrons. The largest absolute Gasteiger partial charge is 0.373 e. The average molecular weight is 560 g/mol. The maximum absolute atomic E-state index is 6.17. The number of aryl methyl sites for hydroxylation is 1. The second kappa shape index (κ2) is 10.8. The van der Waals surface area contributed by atoms with Crippen LogP contribution in [-0.4, -0.2) is 70.2 Å². The Bertz CT molecular complexity index is 1080. The minimum Gasteiger partial charge on any atom is -0.373 e. The fraction of sp³-hybridized carbons (Fsp3) is 0.440. The van der Waals surface area contributed by atoms with Crippen LogP contribution >= 0.6 is 24.0 Å². The Morgan fingerprint density at radius 1 is 1.12 bits per heavy atom. The number of nitrogens with one attached hydrogen (secondary N) is 1. The van der Waals surface area contributed by atoms with E-state index in [0.29, 0.717) is 12.6 Å². The van der Waals surface area contributed by atoms with Gasteiger partial charge in [-0.15, -0.1) is 24.0 Å². The standard InChI is InChI=1S/C25H32N6O.HI/c1-3-26-25(27-15-24-28-20-11-7-8-12-21(20)29(24)2)31-17-22-23(18-31)32-14-13-30(22)16-19-9-5-4-6-10-19;/h4-12,22-23H,3,13-18H2,1-2H3,(H,26,27);1H. The molecule has 33 heavy (non-hydrogen) atoms. The number of para-hydroxylation sites is 2. The monoisotopic (exact) mass is 560 g/mol. The van der Waals surface area contributed by atoms with Crippen LogP contribution in [0, 0.1) is 0 Å². The molecule has 3 heterocycles. The smallest absolute Gasteiger partial charge is 0.194 e. The molecule has 3 aromatic rings. The first-order valence-electron chi connectivity index (χ1n) is 11.6. The molecule has 2 fully saturated rings. The highest BCUT2D eigenvalue weighted by molar-refractivity contribution is 14.0. The van der Waals surface area contributed by atoms with Gasteiger partial charge in [-0.1, -0.05) is 42.5 Å². The Morgan fingerprint density at radius 2 is 1.91 bits per heavy atom. The second-order valence-electron chi connectivity index (χ2n) is 8.58. The van der Waals surface area contributed by atoms with Gasteiger partial charge in [-0.05, 0) is 24.6 Å². The van der Waals surface area contributed by atoms with Crippen LogP contribution < -0.4 is 5.32 Å². The zero-order valence-corrected chi connectivity index (χ0v) is 21.7. The van der Waals surface area contributed by atoms with Crippen molar-refractivity contribution in [1.82, 2.24) is 24.7 Å². The first-order chi connectivity index (χ1) is 15.7. The summed E-state index contributed by atoms with van der Waals surface area (Å²) in [5, 5.41) is 3.49. The number of hydrogen-bond acceptors (Lipinski definition) is 4. The first-order valence-corrected chi connectivity index (χ1v) is 11.6. The number of aromatic nitrogens is 2. The quantitative estimate of drug-likeness (QED) is 0.295. The minimum absolute atomic E-state index is 0. The van der Waals surface area contributed by atoms with Gasteiger partial charge in [0.15, 0.2) is 5.96 Å². The van der Waals surface area contributed by atoms with Crippen molar-refractivity contribution in [1.29, 1.82) is 0 Å². The van der Waals surface area contributed by atoms with E-state index in [1.807, 2.05) is 12.1 Å². The molecule has 2 unspecified atom stereocenters. The van der Waals surface area contributed by atoms with E-state index in [1.54, 1.807) is 0 Å². The molecule has 2 aliphatic heterocycles. The van der Waals surface area contributed by atoms with Crippen molar-refractivity contribution in [3.05, 3.63) is 66.0 Å². The molecule has 0 radical (unpaired) electrons. The molecule has 2 saturated heterocycles. The molecule has 2 atom stereocenters. The number of ether oxygens (including phenoxy) is 1. The van der Waals surface area contributed by atoms with Crippen molar-refractivity contribution in [3.63, 3.8) is 0 Å². The average Bonchev–Trinajstić information content (AvgIpc) is 3.40. The third kappa shape index (κ3) is 5.17. The number of halogens is 1. The number of guanidine groups is 1. The summed E-state index contributed by atoms with van der Waals surface area (Å²) in [4.78, 5) is 14.7. The lowest BCUT2D eigenvalue weighted by Gasteiger charge is -2.36. The Morgan fingerprint density at radius 3 is 2.70 bits per heavy atom. The van der Waals surface area contributed by atoms with Crippen molar-refractivity contribution < 1.29 is 4.74 Å². The van der Waals surface area contributed by atoms with Crippen molar-refractivity contribution in [3.8, 4) is 0 Å². The van der Waals surface area contributed by atoms with E-state index in [9.17, 15) is 0 Å². The van der Waals surface area contributed by atoms with Crippen molar-refractivity contribution in [2.75, 3.05) is 32.8 Å². The number of benzene rings is 2. The molecule has 7 nitrogen and oxygen atoms in total. The number of rotatable bonds is 5. The highest BCUT2D eigenvalue weighted by Crippen LogP contribution is 2.25. The van der Waals surface area contributed by atoms with Crippen LogP contribution in [0.2, 0.25) is 0 Å². The summed E-state index contributed by atoms with van der Waals surface area (Å²) in [5.74, 6) is 1.91. The van der Waals surface area contributed by atoms with Crippen molar-refractivity contribution in [2.45, 2.75) is 32.2 Å². The van der Waals surface area contributed by atoms with Gasteiger partial charge in [-0.3, -0.25) is 4.90 Å². The number of likely N-dealkylation sites (tertiary alicyclic amines) is 1. The molecule has 1 aromatic heterocycles. The normalized spacial score (nSPS) is 21.2. The fourth-order valence-electron chi connectivity index (χ4n) is 4.85. The van der Waals surface area contributed by atoms with Gasteiger partial charge in [-0.25, -0.2) is 9.98 Å². The second-order valence-corrected chi connectivity index (χ2v) is 8.58. The first kappa shape index (κ1) is 24.0. The van der Waals surface area contributed by atoms with Gasteiger partial charge in [0, 0.05) is 39.8 Å². The molecular formula is C25H33IN6O. The van der Waals surface area contributed by atoms with Gasteiger partial charge in [0.1, 0.15) is 12.4 Å². The maximum Gasteiger partial charge on any atom is 0.194 e. The van der Waals surface area contributed by atoms with Crippen molar-refractivity contribution in [2.24, 2.45) is 12.0 Å². The zero-order chi connectivity index (χ0) is 21.9. The van der Waals surface area contributed by atoms with Crippen LogP contribution in [0.4, 0.5) is 0 Å². The van der Waals surface area contributed by atoms with E-state index in [0.717, 1.165) is 62.1 Å². The van der Waals surface area contributed by atoms with Crippen LogP contribution in [0.25, 0.3) is 11.0 Å². The third-order valence-corrected chi connectivity index (χ3v) is 6.53. The van der Waals surface area contributed by atoms with Crippen LogP contribution in [0.15, 0.2) is 59.6 Å². The third-order valence-electron chi connectivity index (χ3n) is 6.53. The zero-order valence-electron chi connectivity index (χ0n) is 19.4. The molecule has 8 heteroatoms. The molecule has 0 aliphatic carbocycles. The maximum atomic E-state index is 6.17. The van der Waals surface area contributed by atoms with Gasteiger partial charge >= 0.3 is 0 Å². The van der Waals surface area contributed by atoms with Crippen LogP contribution in [0.5, 0.6) is 0 Å². The summed E-state index contributed by atoms with van der Waals surface area (Å²) in [6, 6.07) is 19.3. The van der Waals surface area contributed by atoms with Crippen LogP contribution in [0.3, 0.4) is 0 Å². The van der Waals surface area contributed by atoms with Gasteiger partial charge in [0.2, 0.25) is 0 Å². The van der Waals surface area contributed by atoms with Gasteiger partial charge in [0.25, 0.3) is 0 Å². The fourth-order valence-corrected chi connectivity index (χ4v) is 4.85. The highest BCUT2D eigenvalue weighted by Gasteiger charge is 2.41. The summed E-state index contributed by atoms with van der Waals surface area (Å²) >= 11 is 0. The molecule has 1 N–H and O–H groups in total. The number of nitrogens with zero attached hydrogens (tertiary/aromatic N) is 5. The topological polar surface area (TPSA) is 57.9 Å². The van der Waals surface area contributed by atoms with E-state index in [1.165, 1.54) is 5.56 Å². The summed E-state index contributed by atoms with van der Waals surface area (Å²) in [7, 11) is 2.06. The van der Waals surface area contributed by atoms with Gasteiger partial charge < -0.3 is 19.5 Å². The number of fused-ring (bicyclic) bond motifs is 2. The summed E-state index contributed by atoms with van der Waals surface area (Å²) < 4.78 is 8.30. The number of hydrogen-bond donors (Lipinski definition) is 1. The SMILES string of the molecule is CCNC(=NCc1nc2ccccc2n1C)N1CC2OCCN(Cc3ccccc3)C2C1.I. The van der Waals surface area contributed by atoms with E-state index < -0.39 is 0 Å². The van der Waals surface area contributed by atoms with E-state index in [-0.39, 0.29) is 30.1 Å². The number of imidazole rings is 1. The van der Waals surface area contributed by atoms with E-state index >= 15 is 0 Å². The predicted octanol–water partition coefficient (Wildman–Crippen LogP) is 3.24. The summed E-state index contributed by atoms with van der Waals surface area (Å²) in [6.07, 6.45) is 0.215.